The van der Waals surface area contributed by atoms with Crippen LogP contribution < -0.4 is 5.32 Å². The van der Waals surface area contributed by atoms with E-state index in [0.29, 0.717) is 5.13 Å². The Hall–Kier alpha value is -1.40. The SMILES string of the molecule is Cc1cc(Br)ccc1Nc1ncc(C(=O)O)s1. The largest absolute Gasteiger partial charge is 0.477 e. The van der Waals surface area contributed by atoms with Gasteiger partial charge in [0.15, 0.2) is 5.13 Å². The van der Waals surface area contributed by atoms with Crippen LogP contribution in [0, 0.1) is 6.92 Å². The van der Waals surface area contributed by atoms with Crippen LogP contribution in [-0.2, 0) is 0 Å². The molecule has 6 heteroatoms. The highest BCUT2D eigenvalue weighted by atomic mass is 79.9. The van der Waals surface area contributed by atoms with Gasteiger partial charge in [-0.2, -0.15) is 0 Å². The number of aromatic carboxylic acids is 1. The summed E-state index contributed by atoms with van der Waals surface area (Å²) in [5.41, 5.74) is 1.98. The minimum absolute atomic E-state index is 0.224. The van der Waals surface area contributed by atoms with Crippen LogP contribution in [0.5, 0.6) is 0 Å². The van der Waals surface area contributed by atoms with E-state index in [-0.39, 0.29) is 4.88 Å². The van der Waals surface area contributed by atoms with E-state index < -0.39 is 5.97 Å². The second kappa shape index (κ2) is 4.85. The summed E-state index contributed by atoms with van der Waals surface area (Å²) in [7, 11) is 0. The second-order valence-corrected chi connectivity index (χ2v) is 5.37. The molecule has 0 bridgehead atoms. The maximum atomic E-state index is 10.7. The number of carboxylic acid groups (broad SMARTS) is 1. The maximum Gasteiger partial charge on any atom is 0.347 e. The van der Waals surface area contributed by atoms with E-state index in [2.05, 4.69) is 26.2 Å². The molecular formula is C11H9BrN2O2S. The van der Waals surface area contributed by atoms with Crippen molar-refractivity contribution in [1.82, 2.24) is 4.98 Å². The van der Waals surface area contributed by atoms with Gasteiger partial charge in [-0.25, -0.2) is 9.78 Å². The number of nitrogens with zero attached hydrogens (tertiary/aromatic N) is 1. The van der Waals surface area contributed by atoms with Crippen LogP contribution >= 0.6 is 27.3 Å². The van der Waals surface area contributed by atoms with Gasteiger partial charge in [-0.05, 0) is 30.7 Å². The van der Waals surface area contributed by atoms with E-state index in [9.17, 15) is 4.79 Å². The molecule has 17 heavy (non-hydrogen) atoms. The van der Waals surface area contributed by atoms with Crippen LogP contribution in [0.25, 0.3) is 0 Å². The molecule has 0 fully saturated rings. The Labute approximate surface area is 110 Å². The van der Waals surface area contributed by atoms with Gasteiger partial charge in [-0.3, -0.25) is 0 Å². The number of hydrogen-bond donors (Lipinski definition) is 2. The predicted octanol–water partition coefficient (Wildman–Crippen LogP) is 3.66. The van der Waals surface area contributed by atoms with Crippen molar-refractivity contribution >= 4 is 44.1 Å². The Kier molecular flexibility index (Phi) is 3.44. The van der Waals surface area contributed by atoms with Gasteiger partial charge in [0.25, 0.3) is 0 Å². The average Bonchev–Trinajstić information content (AvgIpc) is 2.71. The number of aryl methyl sites for hydroxylation is 1. The standard InChI is InChI=1S/C11H9BrN2O2S/c1-6-4-7(12)2-3-8(6)14-11-13-5-9(17-11)10(15)16/h2-5H,1H3,(H,13,14)(H,15,16). The zero-order valence-electron chi connectivity index (χ0n) is 8.90. The van der Waals surface area contributed by atoms with Gasteiger partial charge < -0.3 is 10.4 Å². The predicted molar refractivity (Wildman–Crippen MR) is 71.2 cm³/mol. The first-order chi connectivity index (χ1) is 8.06. The van der Waals surface area contributed by atoms with Crippen molar-refractivity contribution in [1.29, 1.82) is 0 Å². The van der Waals surface area contributed by atoms with Crippen molar-refractivity contribution in [3.63, 3.8) is 0 Å². The molecule has 2 N–H and O–H groups in total. The molecule has 1 aromatic carbocycles. The molecule has 0 saturated carbocycles. The Balaban J connectivity index is 2.22. The summed E-state index contributed by atoms with van der Waals surface area (Å²) in [6, 6.07) is 5.82. The first-order valence-corrected chi connectivity index (χ1v) is 6.39. The minimum atomic E-state index is -0.955. The smallest absolute Gasteiger partial charge is 0.347 e. The van der Waals surface area contributed by atoms with Crippen LogP contribution in [0.3, 0.4) is 0 Å². The molecule has 0 radical (unpaired) electrons. The van der Waals surface area contributed by atoms with Crippen molar-refractivity contribution in [2.45, 2.75) is 6.92 Å². The summed E-state index contributed by atoms with van der Waals surface area (Å²) < 4.78 is 1.01. The summed E-state index contributed by atoms with van der Waals surface area (Å²) in [6.07, 6.45) is 1.35. The Bertz CT molecular complexity index is 568. The van der Waals surface area contributed by atoms with Crippen LogP contribution in [0.2, 0.25) is 0 Å². The molecule has 1 heterocycles. The minimum Gasteiger partial charge on any atom is -0.477 e. The topological polar surface area (TPSA) is 62.2 Å². The molecule has 0 spiro atoms. The molecule has 0 aliphatic heterocycles. The molecule has 0 aliphatic carbocycles. The van der Waals surface area contributed by atoms with Crippen LogP contribution in [0.15, 0.2) is 28.9 Å². The number of carboxylic acids is 1. The van der Waals surface area contributed by atoms with Crippen molar-refractivity contribution in [3.05, 3.63) is 39.3 Å². The van der Waals surface area contributed by atoms with E-state index in [1.807, 2.05) is 25.1 Å². The number of hydrogen-bond acceptors (Lipinski definition) is 4. The van der Waals surface area contributed by atoms with Gasteiger partial charge in [0.05, 0.1) is 6.20 Å². The van der Waals surface area contributed by atoms with E-state index in [0.717, 1.165) is 27.1 Å². The highest BCUT2D eigenvalue weighted by molar-refractivity contribution is 9.10. The third kappa shape index (κ3) is 2.83. The third-order valence-electron chi connectivity index (χ3n) is 2.15. The van der Waals surface area contributed by atoms with E-state index in [1.165, 1.54) is 6.20 Å². The highest BCUT2D eigenvalue weighted by Crippen LogP contribution is 2.26. The molecule has 1 aromatic heterocycles. The average molecular weight is 313 g/mol. The van der Waals surface area contributed by atoms with Gasteiger partial charge in [-0.1, -0.05) is 27.3 Å². The van der Waals surface area contributed by atoms with Gasteiger partial charge >= 0.3 is 5.97 Å². The Morgan fingerprint density at radius 1 is 1.53 bits per heavy atom. The fourth-order valence-corrected chi connectivity index (χ4v) is 2.46. The summed E-state index contributed by atoms with van der Waals surface area (Å²) >= 11 is 4.50. The van der Waals surface area contributed by atoms with E-state index in [1.54, 1.807) is 0 Å². The van der Waals surface area contributed by atoms with Gasteiger partial charge in [0.2, 0.25) is 0 Å². The van der Waals surface area contributed by atoms with E-state index >= 15 is 0 Å². The number of thiazole rings is 1. The Morgan fingerprint density at radius 2 is 2.29 bits per heavy atom. The van der Waals surface area contributed by atoms with Gasteiger partial charge in [0, 0.05) is 10.2 Å². The fraction of sp³-hybridized carbons (Fsp3) is 0.0909. The molecular weight excluding hydrogens is 304 g/mol. The molecule has 0 saturated heterocycles. The number of benzene rings is 1. The number of halogens is 1. The van der Waals surface area contributed by atoms with Crippen molar-refractivity contribution in [3.8, 4) is 0 Å². The monoisotopic (exact) mass is 312 g/mol. The number of rotatable bonds is 3. The molecule has 0 atom stereocenters. The zero-order chi connectivity index (χ0) is 12.4. The molecule has 0 aliphatic rings. The summed E-state index contributed by atoms with van der Waals surface area (Å²) in [4.78, 5) is 15.0. The lowest BCUT2D eigenvalue weighted by atomic mass is 10.2. The fourth-order valence-electron chi connectivity index (χ4n) is 1.31. The number of anilines is 2. The molecule has 0 unspecified atom stereocenters. The van der Waals surface area contributed by atoms with Crippen molar-refractivity contribution < 1.29 is 9.90 Å². The van der Waals surface area contributed by atoms with Crippen LogP contribution in [-0.4, -0.2) is 16.1 Å². The first kappa shape index (κ1) is 12.1. The molecule has 88 valence electrons. The number of nitrogens with one attached hydrogen (secondary N) is 1. The van der Waals surface area contributed by atoms with Crippen LogP contribution in [0.4, 0.5) is 10.8 Å². The molecule has 0 amide bonds. The molecule has 2 rings (SSSR count). The third-order valence-corrected chi connectivity index (χ3v) is 3.54. The molecule has 2 aromatic rings. The van der Waals surface area contributed by atoms with Crippen molar-refractivity contribution in [2.24, 2.45) is 0 Å². The molecule has 4 nitrogen and oxygen atoms in total. The van der Waals surface area contributed by atoms with Gasteiger partial charge in [-0.15, -0.1) is 0 Å². The lowest BCUT2D eigenvalue weighted by Gasteiger charge is -2.06. The summed E-state index contributed by atoms with van der Waals surface area (Å²) in [5, 5.41) is 12.5. The normalized spacial score (nSPS) is 10.2. The first-order valence-electron chi connectivity index (χ1n) is 4.78. The number of carbonyl (C=O) groups is 1. The quantitative estimate of drug-likeness (QED) is 0.908. The number of aromatic nitrogens is 1. The maximum absolute atomic E-state index is 10.7. The van der Waals surface area contributed by atoms with E-state index in [4.69, 9.17) is 5.11 Å². The second-order valence-electron chi connectivity index (χ2n) is 3.42. The lowest BCUT2D eigenvalue weighted by molar-refractivity contribution is 0.0702. The lowest BCUT2D eigenvalue weighted by Crippen LogP contribution is -1.92. The van der Waals surface area contributed by atoms with Crippen molar-refractivity contribution in [2.75, 3.05) is 5.32 Å². The highest BCUT2D eigenvalue weighted by Gasteiger charge is 2.09. The Morgan fingerprint density at radius 3 is 2.88 bits per heavy atom. The van der Waals surface area contributed by atoms with Crippen LogP contribution in [0.1, 0.15) is 15.2 Å². The zero-order valence-corrected chi connectivity index (χ0v) is 11.3. The van der Waals surface area contributed by atoms with Gasteiger partial charge in [0.1, 0.15) is 4.88 Å². The summed E-state index contributed by atoms with van der Waals surface area (Å²) in [6.45, 7) is 1.97. The summed E-state index contributed by atoms with van der Waals surface area (Å²) in [5.74, 6) is -0.955.